The van der Waals surface area contributed by atoms with Crippen LogP contribution in [0.15, 0.2) is 48.5 Å². The Labute approximate surface area is 199 Å². The minimum Gasteiger partial charge on any atom is -0.493 e. The topological polar surface area (TPSA) is 70.7 Å². The monoisotopic (exact) mass is 473 g/mol. The van der Waals surface area contributed by atoms with E-state index in [9.17, 15) is 18.4 Å². The van der Waals surface area contributed by atoms with E-state index in [1.54, 1.807) is 12.1 Å². The van der Waals surface area contributed by atoms with Gasteiger partial charge in [0, 0.05) is 31.6 Å². The molecule has 1 aliphatic heterocycles. The summed E-state index contributed by atoms with van der Waals surface area (Å²) >= 11 is 0. The van der Waals surface area contributed by atoms with E-state index in [1.165, 1.54) is 17.0 Å². The molecule has 2 aromatic carbocycles. The number of carbonyl (C=O) groups is 2. The second-order valence-corrected chi connectivity index (χ2v) is 9.07. The number of amides is 2. The molecule has 1 saturated heterocycles. The van der Waals surface area contributed by atoms with Crippen molar-refractivity contribution in [2.45, 2.75) is 39.4 Å². The smallest absolute Gasteiger partial charge is 0.312 e. The van der Waals surface area contributed by atoms with Gasteiger partial charge in [-0.15, -0.1) is 0 Å². The Morgan fingerprint density at radius 3 is 2.44 bits per heavy atom. The van der Waals surface area contributed by atoms with E-state index in [1.807, 2.05) is 24.3 Å². The fourth-order valence-electron chi connectivity index (χ4n) is 3.96. The van der Waals surface area contributed by atoms with E-state index in [4.69, 9.17) is 4.74 Å². The van der Waals surface area contributed by atoms with Crippen molar-refractivity contribution >= 4 is 11.8 Å². The van der Waals surface area contributed by atoms with Gasteiger partial charge in [-0.25, -0.2) is 4.39 Å². The van der Waals surface area contributed by atoms with Crippen molar-refractivity contribution in [2.75, 3.05) is 26.4 Å². The molecule has 0 saturated carbocycles. The standard InChI is InChI=1S/C26H33F2N3O3/c1-18(2)17-34-23-9-5-19(6-10-23)14-30-25(32)26(33)31(16-20-3-7-22(28)8-4-20)24-11-12-29-15-21(24)13-27/h3-10,18,21,24,29H,11-17H2,1-2H3,(H,30,32)/t21-,24+/m0/s1. The second-order valence-electron chi connectivity index (χ2n) is 9.07. The molecule has 0 bridgehead atoms. The third-order valence-electron chi connectivity index (χ3n) is 5.85. The summed E-state index contributed by atoms with van der Waals surface area (Å²) in [4.78, 5) is 27.4. The minimum atomic E-state index is -0.751. The number of ether oxygens (including phenoxy) is 1. The van der Waals surface area contributed by atoms with E-state index >= 15 is 0 Å². The van der Waals surface area contributed by atoms with Gasteiger partial charge in [-0.1, -0.05) is 38.1 Å². The number of hydrogen-bond donors (Lipinski definition) is 2. The molecule has 6 nitrogen and oxygen atoms in total. The molecule has 1 aliphatic rings. The molecule has 34 heavy (non-hydrogen) atoms. The van der Waals surface area contributed by atoms with Gasteiger partial charge in [0.15, 0.2) is 0 Å². The molecule has 2 N–H and O–H groups in total. The van der Waals surface area contributed by atoms with Crippen LogP contribution in [0.25, 0.3) is 0 Å². The van der Waals surface area contributed by atoms with Crippen LogP contribution in [0.5, 0.6) is 5.75 Å². The number of halogens is 2. The first-order valence-electron chi connectivity index (χ1n) is 11.7. The van der Waals surface area contributed by atoms with Crippen LogP contribution in [0, 0.1) is 17.7 Å². The zero-order valence-corrected chi connectivity index (χ0v) is 19.7. The number of nitrogens with one attached hydrogen (secondary N) is 2. The van der Waals surface area contributed by atoms with Crippen LogP contribution in [0.2, 0.25) is 0 Å². The lowest BCUT2D eigenvalue weighted by Gasteiger charge is -2.39. The summed E-state index contributed by atoms with van der Waals surface area (Å²) in [7, 11) is 0. The van der Waals surface area contributed by atoms with Crippen molar-refractivity contribution in [3.8, 4) is 5.75 Å². The van der Waals surface area contributed by atoms with Crippen molar-refractivity contribution in [1.82, 2.24) is 15.5 Å². The Morgan fingerprint density at radius 1 is 1.12 bits per heavy atom. The lowest BCUT2D eigenvalue weighted by Crippen LogP contribution is -2.55. The van der Waals surface area contributed by atoms with Crippen molar-refractivity contribution in [3.05, 3.63) is 65.5 Å². The fraction of sp³-hybridized carbons (Fsp3) is 0.462. The number of rotatable bonds is 9. The summed E-state index contributed by atoms with van der Waals surface area (Å²) in [5, 5.41) is 5.81. The Hall–Kier alpha value is -3.00. The molecule has 0 aromatic heterocycles. The first-order valence-corrected chi connectivity index (χ1v) is 11.7. The van der Waals surface area contributed by atoms with E-state index in [0.717, 1.165) is 11.3 Å². The van der Waals surface area contributed by atoms with E-state index in [-0.39, 0.29) is 18.9 Å². The van der Waals surface area contributed by atoms with Crippen molar-refractivity contribution in [3.63, 3.8) is 0 Å². The van der Waals surface area contributed by atoms with Gasteiger partial charge in [0.1, 0.15) is 11.6 Å². The largest absolute Gasteiger partial charge is 0.493 e. The highest BCUT2D eigenvalue weighted by Gasteiger charge is 2.35. The molecular weight excluding hydrogens is 440 g/mol. The number of piperidine rings is 1. The third-order valence-corrected chi connectivity index (χ3v) is 5.85. The molecule has 8 heteroatoms. The molecule has 2 atom stereocenters. The minimum absolute atomic E-state index is 0.107. The molecule has 2 aromatic rings. The summed E-state index contributed by atoms with van der Waals surface area (Å²) < 4.78 is 32.7. The highest BCUT2D eigenvalue weighted by atomic mass is 19.1. The Morgan fingerprint density at radius 2 is 1.79 bits per heavy atom. The Kier molecular flexibility index (Phi) is 9.39. The van der Waals surface area contributed by atoms with Crippen LogP contribution < -0.4 is 15.4 Å². The van der Waals surface area contributed by atoms with Crippen LogP contribution in [0.4, 0.5) is 8.78 Å². The zero-order chi connectivity index (χ0) is 24.5. The lowest BCUT2D eigenvalue weighted by atomic mass is 9.92. The fourth-order valence-corrected chi connectivity index (χ4v) is 3.96. The Balaban J connectivity index is 1.67. The SMILES string of the molecule is CC(C)COc1ccc(CNC(=O)C(=O)N(Cc2ccc(F)cc2)[C@@H]2CCNC[C@@H]2CF)cc1. The second kappa shape index (κ2) is 12.5. The van der Waals surface area contributed by atoms with Gasteiger partial charge >= 0.3 is 11.8 Å². The van der Waals surface area contributed by atoms with E-state index < -0.39 is 30.4 Å². The van der Waals surface area contributed by atoms with Crippen LogP contribution in [-0.4, -0.2) is 49.1 Å². The van der Waals surface area contributed by atoms with Crippen LogP contribution >= 0.6 is 0 Å². The van der Waals surface area contributed by atoms with Crippen LogP contribution in [0.1, 0.15) is 31.4 Å². The number of benzene rings is 2. The molecule has 3 rings (SSSR count). The lowest BCUT2D eigenvalue weighted by molar-refractivity contribution is -0.149. The summed E-state index contributed by atoms with van der Waals surface area (Å²) in [6.45, 7) is 5.50. The van der Waals surface area contributed by atoms with Crippen molar-refractivity contribution in [2.24, 2.45) is 11.8 Å². The van der Waals surface area contributed by atoms with E-state index in [2.05, 4.69) is 24.5 Å². The van der Waals surface area contributed by atoms with Gasteiger partial charge in [-0.05, 0) is 54.3 Å². The normalized spacial score (nSPS) is 17.9. The molecule has 0 aliphatic carbocycles. The van der Waals surface area contributed by atoms with E-state index in [0.29, 0.717) is 37.6 Å². The molecule has 1 fully saturated rings. The molecule has 184 valence electrons. The predicted octanol–water partition coefficient (Wildman–Crippen LogP) is 3.45. The van der Waals surface area contributed by atoms with Crippen LogP contribution in [-0.2, 0) is 22.7 Å². The van der Waals surface area contributed by atoms with Gasteiger partial charge in [0.25, 0.3) is 0 Å². The zero-order valence-electron chi connectivity index (χ0n) is 19.7. The third kappa shape index (κ3) is 7.25. The predicted molar refractivity (Wildman–Crippen MR) is 126 cm³/mol. The first kappa shape index (κ1) is 25.6. The maximum atomic E-state index is 13.7. The summed E-state index contributed by atoms with van der Waals surface area (Å²) in [5.41, 5.74) is 1.50. The maximum absolute atomic E-state index is 13.7. The number of hydrogen-bond acceptors (Lipinski definition) is 4. The molecule has 2 amide bonds. The highest BCUT2D eigenvalue weighted by molar-refractivity contribution is 6.35. The number of nitrogens with zero attached hydrogens (tertiary/aromatic N) is 1. The molecule has 1 heterocycles. The average Bonchev–Trinajstić information content (AvgIpc) is 2.85. The molecular formula is C26H33F2N3O3. The molecule has 0 spiro atoms. The van der Waals surface area contributed by atoms with Gasteiger partial charge < -0.3 is 20.3 Å². The van der Waals surface area contributed by atoms with Crippen LogP contribution in [0.3, 0.4) is 0 Å². The highest BCUT2D eigenvalue weighted by Crippen LogP contribution is 2.22. The maximum Gasteiger partial charge on any atom is 0.312 e. The van der Waals surface area contributed by atoms with Gasteiger partial charge in [-0.2, -0.15) is 0 Å². The van der Waals surface area contributed by atoms with Crippen molar-refractivity contribution < 1.29 is 23.1 Å². The summed E-state index contributed by atoms with van der Waals surface area (Å²) in [5.74, 6) is -1.11. The van der Waals surface area contributed by atoms with Gasteiger partial charge in [0.2, 0.25) is 0 Å². The molecule has 0 unspecified atom stereocenters. The number of alkyl halides is 1. The van der Waals surface area contributed by atoms with Gasteiger partial charge in [0.05, 0.1) is 13.3 Å². The average molecular weight is 474 g/mol. The summed E-state index contributed by atoms with van der Waals surface area (Å²) in [6.07, 6.45) is 0.534. The quantitative estimate of drug-likeness (QED) is 0.548. The van der Waals surface area contributed by atoms with Crippen molar-refractivity contribution in [1.29, 1.82) is 0 Å². The Bertz CT molecular complexity index is 935. The first-order chi connectivity index (χ1) is 16.4. The molecule has 0 radical (unpaired) electrons. The van der Waals surface area contributed by atoms with Gasteiger partial charge in [-0.3, -0.25) is 14.0 Å². The summed E-state index contributed by atoms with van der Waals surface area (Å²) in [6, 6.07) is 12.7. The number of carbonyl (C=O) groups excluding carboxylic acids is 2.